The van der Waals surface area contributed by atoms with Gasteiger partial charge in [-0.15, -0.1) is 0 Å². The van der Waals surface area contributed by atoms with Crippen LogP contribution in [0.4, 0.5) is 14.5 Å². The van der Waals surface area contributed by atoms with Gasteiger partial charge in [0.05, 0.1) is 17.1 Å². The zero-order valence-electron chi connectivity index (χ0n) is 19.5. The lowest BCUT2D eigenvalue weighted by molar-refractivity contribution is -0.130. The van der Waals surface area contributed by atoms with Crippen molar-refractivity contribution in [2.75, 3.05) is 37.4 Å². The first-order valence-corrected chi connectivity index (χ1v) is 12.8. The van der Waals surface area contributed by atoms with Crippen molar-refractivity contribution in [1.29, 1.82) is 0 Å². The summed E-state index contributed by atoms with van der Waals surface area (Å²) in [7, 11) is -4.19. The van der Waals surface area contributed by atoms with Crippen LogP contribution in [-0.2, 0) is 14.8 Å². The summed E-state index contributed by atoms with van der Waals surface area (Å²) in [6, 6.07) is 13.4. The molecule has 0 aliphatic carbocycles. The average Bonchev–Trinajstić information content (AvgIpc) is 2.90. The maximum absolute atomic E-state index is 13.9. The van der Waals surface area contributed by atoms with Crippen LogP contribution >= 0.6 is 0 Å². The molecule has 1 fully saturated rings. The summed E-state index contributed by atoms with van der Waals surface area (Å²) in [6.45, 7) is 2.35. The molecule has 0 bridgehead atoms. The van der Waals surface area contributed by atoms with Crippen molar-refractivity contribution in [3.8, 4) is 11.5 Å². The van der Waals surface area contributed by atoms with Crippen molar-refractivity contribution in [2.24, 2.45) is 0 Å². The van der Waals surface area contributed by atoms with Gasteiger partial charge in [0.15, 0.2) is 5.75 Å². The standard InChI is InChI=1S/C25H24F2N4O5S/c26-18-3-6-20(7-4-18)36-23-10-5-19(27)15-22(23)30-37(34,35)21-8-1-17(2-9-21)25(33)29-16-24(32)31-13-11-28-12-14-31/h1-10,15,28,30H,11-14,16H2,(H,29,33). The number of piperazine rings is 1. The number of nitrogens with one attached hydrogen (secondary N) is 3. The Morgan fingerprint density at radius 1 is 0.919 bits per heavy atom. The van der Waals surface area contributed by atoms with Crippen LogP contribution in [0.1, 0.15) is 10.4 Å². The van der Waals surface area contributed by atoms with Gasteiger partial charge in [-0.05, 0) is 60.7 Å². The lowest BCUT2D eigenvalue weighted by Crippen LogP contribution is -2.49. The van der Waals surface area contributed by atoms with Crippen molar-refractivity contribution < 1.29 is 31.5 Å². The number of hydrogen-bond acceptors (Lipinski definition) is 6. The minimum absolute atomic E-state index is 0.00161. The third kappa shape index (κ3) is 6.80. The first kappa shape index (κ1) is 26.0. The second kappa shape index (κ2) is 11.4. The predicted octanol–water partition coefficient (Wildman–Crippen LogP) is 2.72. The van der Waals surface area contributed by atoms with E-state index < -0.39 is 27.6 Å². The van der Waals surface area contributed by atoms with Gasteiger partial charge in [-0.3, -0.25) is 14.3 Å². The molecule has 37 heavy (non-hydrogen) atoms. The van der Waals surface area contributed by atoms with E-state index in [1.54, 1.807) is 4.90 Å². The zero-order valence-corrected chi connectivity index (χ0v) is 20.4. The molecular weight excluding hydrogens is 506 g/mol. The normalized spacial score (nSPS) is 13.6. The molecule has 0 unspecified atom stereocenters. The van der Waals surface area contributed by atoms with E-state index in [4.69, 9.17) is 4.74 Å². The molecule has 0 radical (unpaired) electrons. The Morgan fingerprint density at radius 3 is 2.24 bits per heavy atom. The lowest BCUT2D eigenvalue weighted by Gasteiger charge is -2.27. The van der Waals surface area contributed by atoms with E-state index in [2.05, 4.69) is 15.4 Å². The molecular formula is C25H24F2N4O5S. The molecule has 3 aromatic carbocycles. The van der Waals surface area contributed by atoms with E-state index in [1.807, 2.05) is 0 Å². The molecule has 1 heterocycles. The van der Waals surface area contributed by atoms with E-state index >= 15 is 0 Å². The number of hydrogen-bond donors (Lipinski definition) is 3. The van der Waals surface area contributed by atoms with Crippen molar-refractivity contribution in [3.05, 3.63) is 83.9 Å². The smallest absolute Gasteiger partial charge is 0.262 e. The molecule has 194 valence electrons. The van der Waals surface area contributed by atoms with Crippen molar-refractivity contribution in [2.45, 2.75) is 4.90 Å². The molecule has 1 aliphatic heterocycles. The summed E-state index contributed by atoms with van der Waals surface area (Å²) >= 11 is 0. The molecule has 12 heteroatoms. The van der Waals surface area contributed by atoms with Crippen LogP contribution in [0.5, 0.6) is 11.5 Å². The highest BCUT2D eigenvalue weighted by molar-refractivity contribution is 7.92. The SMILES string of the molecule is O=C(NCC(=O)N1CCNCC1)c1ccc(S(=O)(=O)Nc2cc(F)ccc2Oc2ccc(F)cc2)cc1. The maximum Gasteiger partial charge on any atom is 0.262 e. The first-order valence-electron chi connectivity index (χ1n) is 11.3. The number of halogens is 2. The molecule has 1 saturated heterocycles. The van der Waals surface area contributed by atoms with Crippen LogP contribution in [-0.4, -0.2) is 57.9 Å². The van der Waals surface area contributed by atoms with Crippen molar-refractivity contribution in [3.63, 3.8) is 0 Å². The molecule has 4 rings (SSSR count). The van der Waals surface area contributed by atoms with Crippen LogP contribution in [0.2, 0.25) is 0 Å². The number of benzene rings is 3. The van der Waals surface area contributed by atoms with Crippen LogP contribution < -0.4 is 20.1 Å². The van der Waals surface area contributed by atoms with Gasteiger partial charge in [0.25, 0.3) is 15.9 Å². The molecule has 3 N–H and O–H groups in total. The summed E-state index contributed by atoms with van der Waals surface area (Å²) < 4.78 is 60.8. The Hall–Kier alpha value is -4.03. The molecule has 3 aromatic rings. The van der Waals surface area contributed by atoms with Crippen LogP contribution in [0.25, 0.3) is 0 Å². The second-order valence-corrected chi connectivity index (χ2v) is 9.82. The number of carbonyl (C=O) groups excluding carboxylic acids is 2. The summed E-state index contributed by atoms with van der Waals surface area (Å²) in [5.41, 5.74) is -0.00396. The third-order valence-electron chi connectivity index (χ3n) is 5.52. The first-order chi connectivity index (χ1) is 17.7. The summed E-state index contributed by atoms with van der Waals surface area (Å²) in [5, 5.41) is 5.67. The summed E-state index contributed by atoms with van der Waals surface area (Å²) in [6.07, 6.45) is 0. The van der Waals surface area contributed by atoms with E-state index in [0.29, 0.717) is 26.2 Å². The number of carbonyl (C=O) groups is 2. The zero-order chi connectivity index (χ0) is 26.4. The van der Waals surface area contributed by atoms with Gasteiger partial charge in [-0.2, -0.15) is 0 Å². The minimum atomic E-state index is -4.19. The predicted molar refractivity (Wildman–Crippen MR) is 132 cm³/mol. The molecule has 9 nitrogen and oxygen atoms in total. The van der Waals surface area contributed by atoms with Gasteiger partial charge in [0, 0.05) is 37.8 Å². The van der Waals surface area contributed by atoms with Crippen LogP contribution in [0.3, 0.4) is 0 Å². The number of anilines is 1. The highest BCUT2D eigenvalue weighted by Gasteiger charge is 2.20. The van der Waals surface area contributed by atoms with Crippen molar-refractivity contribution >= 4 is 27.5 Å². The largest absolute Gasteiger partial charge is 0.455 e. The monoisotopic (exact) mass is 530 g/mol. The molecule has 0 spiro atoms. The van der Waals surface area contributed by atoms with Gasteiger partial charge in [0.1, 0.15) is 17.4 Å². The van der Waals surface area contributed by atoms with Gasteiger partial charge < -0.3 is 20.3 Å². The third-order valence-corrected chi connectivity index (χ3v) is 6.91. The number of ether oxygens (including phenoxy) is 1. The number of amides is 2. The fourth-order valence-corrected chi connectivity index (χ4v) is 4.63. The Morgan fingerprint density at radius 2 is 1.57 bits per heavy atom. The van der Waals surface area contributed by atoms with Gasteiger partial charge >= 0.3 is 0 Å². The molecule has 2 amide bonds. The molecule has 0 atom stereocenters. The number of nitrogens with zero attached hydrogens (tertiary/aromatic N) is 1. The second-order valence-electron chi connectivity index (χ2n) is 8.14. The van der Waals surface area contributed by atoms with Crippen molar-refractivity contribution in [1.82, 2.24) is 15.5 Å². The molecule has 0 saturated carbocycles. The molecule has 1 aliphatic rings. The fourth-order valence-electron chi connectivity index (χ4n) is 3.57. The topological polar surface area (TPSA) is 117 Å². The van der Waals surface area contributed by atoms with Crippen LogP contribution in [0, 0.1) is 11.6 Å². The Kier molecular flexibility index (Phi) is 7.99. The Balaban J connectivity index is 1.43. The average molecular weight is 531 g/mol. The van der Waals surface area contributed by atoms with E-state index in [-0.39, 0.29) is 40.1 Å². The quantitative estimate of drug-likeness (QED) is 0.413. The Bertz CT molecular complexity index is 1380. The van der Waals surface area contributed by atoms with E-state index in [0.717, 1.165) is 12.1 Å². The highest BCUT2D eigenvalue weighted by Crippen LogP contribution is 2.32. The van der Waals surface area contributed by atoms with Crippen LogP contribution in [0.15, 0.2) is 71.6 Å². The van der Waals surface area contributed by atoms with Gasteiger partial charge in [0.2, 0.25) is 5.91 Å². The summed E-state index contributed by atoms with van der Waals surface area (Å²) in [5.74, 6) is -1.68. The Labute approximate surface area is 212 Å². The van der Waals surface area contributed by atoms with Gasteiger partial charge in [-0.1, -0.05) is 0 Å². The van der Waals surface area contributed by atoms with Gasteiger partial charge in [-0.25, -0.2) is 17.2 Å². The number of sulfonamides is 1. The molecule has 0 aromatic heterocycles. The fraction of sp³-hybridized carbons (Fsp3) is 0.200. The lowest BCUT2D eigenvalue weighted by atomic mass is 10.2. The highest BCUT2D eigenvalue weighted by atomic mass is 32.2. The van der Waals surface area contributed by atoms with E-state index in [9.17, 15) is 26.8 Å². The number of rotatable bonds is 8. The maximum atomic E-state index is 13.9. The minimum Gasteiger partial charge on any atom is -0.455 e. The summed E-state index contributed by atoms with van der Waals surface area (Å²) in [4.78, 5) is 26.1. The van der Waals surface area contributed by atoms with E-state index in [1.165, 1.54) is 54.6 Å².